The Morgan fingerprint density at radius 3 is 2.43 bits per heavy atom. The van der Waals surface area contributed by atoms with Crippen LogP contribution >= 0.6 is 0 Å². The molecule has 4 rings (SSSR count). The molecule has 6 nitrogen and oxygen atoms in total. The van der Waals surface area contributed by atoms with Gasteiger partial charge in [0.15, 0.2) is 0 Å². The summed E-state index contributed by atoms with van der Waals surface area (Å²) in [4.78, 5) is 14.3. The molecule has 0 N–H and O–H groups in total. The van der Waals surface area contributed by atoms with Gasteiger partial charge in [0.1, 0.15) is 18.7 Å². The Balaban J connectivity index is 1.31. The SMILES string of the molecule is Cc1nn(C[C@@H](F)CN2C3CCC2CC(OCc2ccccc2CF)C3)c(=O)n1C. The summed E-state index contributed by atoms with van der Waals surface area (Å²) in [6, 6.07) is 8.04. The van der Waals surface area contributed by atoms with Gasteiger partial charge in [0.25, 0.3) is 0 Å². The minimum absolute atomic E-state index is 0.0175. The molecule has 0 radical (unpaired) electrons. The van der Waals surface area contributed by atoms with E-state index in [0.29, 0.717) is 36.6 Å². The van der Waals surface area contributed by atoms with Crippen molar-refractivity contribution in [1.82, 2.24) is 19.2 Å². The lowest BCUT2D eigenvalue weighted by Crippen LogP contribution is -2.48. The Bertz CT molecular complexity index is 914. The second kappa shape index (κ2) is 8.98. The van der Waals surface area contributed by atoms with E-state index in [1.807, 2.05) is 18.2 Å². The van der Waals surface area contributed by atoms with E-state index in [4.69, 9.17) is 4.74 Å². The first kappa shape index (κ1) is 21.2. The van der Waals surface area contributed by atoms with E-state index in [1.165, 1.54) is 9.25 Å². The average Bonchev–Trinajstić information content (AvgIpc) is 3.11. The summed E-state index contributed by atoms with van der Waals surface area (Å²) in [5.74, 6) is 0.583. The number of piperidine rings is 1. The van der Waals surface area contributed by atoms with E-state index in [0.717, 1.165) is 31.2 Å². The number of aromatic nitrogens is 3. The van der Waals surface area contributed by atoms with Crippen molar-refractivity contribution in [2.24, 2.45) is 7.05 Å². The lowest BCUT2D eigenvalue weighted by Gasteiger charge is -2.39. The zero-order valence-electron chi connectivity index (χ0n) is 17.6. The second-order valence-corrected chi connectivity index (χ2v) is 8.56. The molecule has 2 aliphatic heterocycles. The number of alkyl halides is 2. The summed E-state index contributed by atoms with van der Waals surface area (Å²) in [6.45, 7) is 1.96. The van der Waals surface area contributed by atoms with Crippen LogP contribution in [0.3, 0.4) is 0 Å². The van der Waals surface area contributed by atoms with Crippen LogP contribution in [0, 0.1) is 6.92 Å². The van der Waals surface area contributed by atoms with Gasteiger partial charge in [-0.15, -0.1) is 0 Å². The van der Waals surface area contributed by atoms with E-state index in [9.17, 15) is 13.6 Å². The first-order chi connectivity index (χ1) is 14.5. The van der Waals surface area contributed by atoms with Crippen molar-refractivity contribution in [1.29, 1.82) is 0 Å². The van der Waals surface area contributed by atoms with Gasteiger partial charge in [0, 0.05) is 25.7 Å². The second-order valence-electron chi connectivity index (χ2n) is 8.56. The molecule has 0 spiro atoms. The fourth-order valence-corrected chi connectivity index (χ4v) is 4.88. The van der Waals surface area contributed by atoms with Gasteiger partial charge in [-0.2, -0.15) is 5.10 Å². The summed E-state index contributed by atoms with van der Waals surface area (Å²) in [7, 11) is 1.64. The maximum absolute atomic E-state index is 14.8. The fraction of sp³-hybridized carbons (Fsp3) is 0.636. The monoisotopic (exact) mass is 420 g/mol. The number of halogens is 2. The van der Waals surface area contributed by atoms with Gasteiger partial charge in [-0.1, -0.05) is 24.3 Å². The third kappa shape index (κ3) is 4.34. The van der Waals surface area contributed by atoms with Crippen molar-refractivity contribution >= 4 is 0 Å². The van der Waals surface area contributed by atoms with Gasteiger partial charge in [0.2, 0.25) is 0 Å². The molecule has 2 unspecified atom stereocenters. The molecular weight excluding hydrogens is 390 g/mol. The lowest BCUT2D eigenvalue weighted by atomic mass is 9.99. The first-order valence-electron chi connectivity index (χ1n) is 10.7. The maximum Gasteiger partial charge on any atom is 0.345 e. The topological polar surface area (TPSA) is 52.3 Å². The van der Waals surface area contributed by atoms with Crippen molar-refractivity contribution in [3.8, 4) is 0 Å². The quantitative estimate of drug-likeness (QED) is 0.659. The summed E-state index contributed by atoms with van der Waals surface area (Å²) >= 11 is 0. The molecule has 30 heavy (non-hydrogen) atoms. The molecule has 1 aromatic heterocycles. The molecule has 3 heterocycles. The Kier molecular flexibility index (Phi) is 6.34. The number of ether oxygens (including phenoxy) is 1. The normalized spacial score (nSPS) is 25.0. The number of aryl methyl sites for hydroxylation is 1. The highest BCUT2D eigenvalue weighted by molar-refractivity contribution is 5.25. The van der Waals surface area contributed by atoms with Crippen LogP contribution in [-0.2, 0) is 31.6 Å². The smallest absolute Gasteiger partial charge is 0.345 e. The summed E-state index contributed by atoms with van der Waals surface area (Å²) in [5.41, 5.74) is 1.30. The molecule has 2 aliphatic rings. The fourth-order valence-electron chi connectivity index (χ4n) is 4.88. The van der Waals surface area contributed by atoms with E-state index in [2.05, 4.69) is 10.00 Å². The molecule has 0 amide bonds. The molecule has 8 heteroatoms. The highest BCUT2D eigenvalue weighted by atomic mass is 19.1. The molecule has 1 aromatic carbocycles. The standard InChI is InChI=1S/C22H30F2N4O2/c1-15-25-28(22(29)26(15)2)13-18(24)12-27-19-7-8-20(27)10-21(9-19)30-14-17-6-4-3-5-16(17)11-23/h3-6,18-21H,7-14H2,1-2H3/t18-,19?,20?,21?/m0/s1. The minimum atomic E-state index is -1.14. The number of benzene rings is 1. The van der Waals surface area contributed by atoms with E-state index < -0.39 is 12.8 Å². The van der Waals surface area contributed by atoms with E-state index in [1.54, 1.807) is 20.0 Å². The summed E-state index contributed by atoms with van der Waals surface area (Å²) < 4.78 is 36.7. The number of hydrogen-bond acceptors (Lipinski definition) is 4. The van der Waals surface area contributed by atoms with Crippen LogP contribution in [0.4, 0.5) is 8.78 Å². The Hall–Kier alpha value is -2.06. The number of nitrogens with zero attached hydrogens (tertiary/aromatic N) is 4. The highest BCUT2D eigenvalue weighted by Gasteiger charge is 2.42. The van der Waals surface area contributed by atoms with Gasteiger partial charge in [-0.3, -0.25) is 9.47 Å². The number of rotatable bonds is 8. The maximum atomic E-state index is 14.8. The van der Waals surface area contributed by atoms with Crippen LogP contribution < -0.4 is 5.69 Å². The van der Waals surface area contributed by atoms with Gasteiger partial charge in [-0.25, -0.2) is 18.3 Å². The highest BCUT2D eigenvalue weighted by Crippen LogP contribution is 2.37. The van der Waals surface area contributed by atoms with Crippen molar-refractivity contribution in [3.05, 3.63) is 51.7 Å². The number of fused-ring (bicyclic) bond motifs is 2. The van der Waals surface area contributed by atoms with Crippen molar-refractivity contribution < 1.29 is 13.5 Å². The minimum Gasteiger partial charge on any atom is -0.373 e. The van der Waals surface area contributed by atoms with Crippen LogP contribution in [0.2, 0.25) is 0 Å². The van der Waals surface area contributed by atoms with Crippen LogP contribution in [0.5, 0.6) is 0 Å². The average molecular weight is 421 g/mol. The number of hydrogen-bond donors (Lipinski definition) is 0. The molecule has 2 fully saturated rings. The zero-order valence-corrected chi connectivity index (χ0v) is 17.6. The molecule has 0 saturated carbocycles. The molecule has 164 valence electrons. The van der Waals surface area contributed by atoms with E-state index in [-0.39, 0.29) is 18.3 Å². The van der Waals surface area contributed by atoms with Gasteiger partial charge in [-0.05, 0) is 43.7 Å². The van der Waals surface area contributed by atoms with E-state index >= 15 is 0 Å². The predicted molar refractivity (Wildman–Crippen MR) is 110 cm³/mol. The Morgan fingerprint density at radius 1 is 1.17 bits per heavy atom. The van der Waals surface area contributed by atoms with Gasteiger partial charge in [0.05, 0.1) is 19.3 Å². The lowest BCUT2D eigenvalue weighted by molar-refractivity contribution is -0.0345. The molecule has 2 saturated heterocycles. The van der Waals surface area contributed by atoms with Crippen LogP contribution in [-0.4, -0.2) is 50.2 Å². The van der Waals surface area contributed by atoms with Crippen molar-refractivity contribution in [3.63, 3.8) is 0 Å². The molecule has 2 bridgehead atoms. The first-order valence-corrected chi connectivity index (χ1v) is 10.7. The third-order valence-electron chi connectivity index (χ3n) is 6.62. The van der Waals surface area contributed by atoms with Crippen LogP contribution in [0.25, 0.3) is 0 Å². The largest absolute Gasteiger partial charge is 0.373 e. The van der Waals surface area contributed by atoms with Gasteiger partial charge >= 0.3 is 5.69 Å². The van der Waals surface area contributed by atoms with Crippen LogP contribution in [0.1, 0.15) is 42.6 Å². The third-order valence-corrected chi connectivity index (χ3v) is 6.62. The van der Waals surface area contributed by atoms with Crippen molar-refractivity contribution in [2.45, 2.75) is 76.8 Å². The molecule has 0 aliphatic carbocycles. The molecular formula is C22H30F2N4O2. The zero-order chi connectivity index (χ0) is 21.3. The predicted octanol–water partition coefficient (Wildman–Crippen LogP) is 2.91. The summed E-state index contributed by atoms with van der Waals surface area (Å²) in [5, 5.41) is 4.14. The van der Waals surface area contributed by atoms with Crippen molar-refractivity contribution in [2.75, 3.05) is 6.54 Å². The molecule has 2 aromatic rings. The Labute approximate surface area is 175 Å². The van der Waals surface area contributed by atoms with Gasteiger partial charge < -0.3 is 4.74 Å². The van der Waals surface area contributed by atoms with Crippen LogP contribution in [0.15, 0.2) is 29.1 Å². The molecule has 3 atom stereocenters. The summed E-state index contributed by atoms with van der Waals surface area (Å²) in [6.07, 6.45) is 2.79. The Morgan fingerprint density at radius 2 is 1.83 bits per heavy atom.